The Bertz CT molecular complexity index is 923. The summed E-state index contributed by atoms with van der Waals surface area (Å²) in [5.41, 5.74) is 5.35. The Balaban J connectivity index is 1.30. The molecule has 0 saturated carbocycles. The van der Waals surface area contributed by atoms with E-state index in [-0.39, 0.29) is 0 Å². The molecule has 1 saturated heterocycles. The van der Waals surface area contributed by atoms with Gasteiger partial charge in [0.2, 0.25) is 0 Å². The zero-order valence-electron chi connectivity index (χ0n) is 17.3. The number of fused-ring (bicyclic) bond motifs is 1. The third-order valence-corrected chi connectivity index (χ3v) is 6.95. The van der Waals surface area contributed by atoms with Gasteiger partial charge >= 0.3 is 0 Å². The molecule has 2 aliphatic rings. The molecular weight excluding hydrogens is 354 g/mol. The largest absolute Gasteiger partial charge is 0.341 e. The van der Waals surface area contributed by atoms with Crippen molar-refractivity contribution in [2.24, 2.45) is 5.92 Å². The number of benzene rings is 2. The minimum absolute atomic E-state index is 0.479. The number of aromatic nitrogens is 2. The molecule has 1 aliphatic carbocycles. The van der Waals surface area contributed by atoms with Crippen molar-refractivity contribution in [3.8, 4) is 11.4 Å². The first-order chi connectivity index (χ1) is 14.3. The summed E-state index contributed by atoms with van der Waals surface area (Å²) >= 11 is 0. The fraction of sp³-hybridized carbons (Fsp3) is 0.423. The highest BCUT2D eigenvalue weighted by Gasteiger charge is 2.34. The van der Waals surface area contributed by atoms with E-state index in [0.717, 1.165) is 11.7 Å². The highest BCUT2D eigenvalue weighted by Crippen LogP contribution is 2.41. The normalized spacial score (nSPS) is 23.1. The molecule has 0 amide bonds. The lowest BCUT2D eigenvalue weighted by atomic mass is 9.84. The molecule has 0 radical (unpaired) electrons. The summed E-state index contributed by atoms with van der Waals surface area (Å²) in [6.45, 7) is 4.74. The molecule has 0 bridgehead atoms. The maximum absolute atomic E-state index is 5.12. The molecule has 3 heteroatoms. The van der Waals surface area contributed by atoms with E-state index in [4.69, 9.17) is 4.98 Å². The highest BCUT2D eigenvalue weighted by atomic mass is 15.2. The lowest BCUT2D eigenvalue weighted by Crippen LogP contribution is -2.39. The predicted molar refractivity (Wildman–Crippen MR) is 119 cm³/mol. The van der Waals surface area contributed by atoms with Gasteiger partial charge in [-0.05, 0) is 62.6 Å². The molecule has 29 heavy (non-hydrogen) atoms. The molecule has 2 unspecified atom stereocenters. The number of hydrogen-bond donors (Lipinski definition) is 1. The molecule has 5 rings (SSSR count). The van der Waals surface area contributed by atoms with Crippen molar-refractivity contribution in [1.82, 2.24) is 14.9 Å². The Morgan fingerprint density at radius 3 is 2.31 bits per heavy atom. The topological polar surface area (TPSA) is 31.9 Å². The number of H-pyrrole nitrogens is 1. The van der Waals surface area contributed by atoms with E-state index in [2.05, 4.69) is 77.5 Å². The number of rotatable bonds is 4. The number of hydrogen-bond acceptors (Lipinski definition) is 2. The summed E-state index contributed by atoms with van der Waals surface area (Å²) in [5.74, 6) is 2.42. The van der Waals surface area contributed by atoms with Crippen LogP contribution in [-0.2, 0) is 6.42 Å². The molecule has 1 aliphatic heterocycles. The second-order valence-corrected chi connectivity index (χ2v) is 8.91. The Hall–Kier alpha value is -2.39. The van der Waals surface area contributed by atoms with Crippen LogP contribution in [-0.4, -0.2) is 28.0 Å². The van der Waals surface area contributed by atoms with Crippen molar-refractivity contribution < 1.29 is 0 Å². The average molecular weight is 386 g/mol. The lowest BCUT2D eigenvalue weighted by Gasteiger charge is -2.39. The van der Waals surface area contributed by atoms with E-state index in [0.29, 0.717) is 12.0 Å². The first-order valence-corrected chi connectivity index (χ1v) is 11.2. The van der Waals surface area contributed by atoms with E-state index in [1.807, 2.05) is 0 Å². The van der Waals surface area contributed by atoms with E-state index in [9.17, 15) is 0 Å². The van der Waals surface area contributed by atoms with Crippen LogP contribution in [0.5, 0.6) is 0 Å². The number of likely N-dealkylation sites (tertiary alicyclic amines) is 1. The first kappa shape index (κ1) is 18.6. The van der Waals surface area contributed by atoms with Crippen molar-refractivity contribution in [3.63, 3.8) is 0 Å². The molecule has 2 heterocycles. The van der Waals surface area contributed by atoms with Gasteiger partial charge in [0.25, 0.3) is 0 Å². The van der Waals surface area contributed by atoms with Gasteiger partial charge in [0.05, 0.1) is 11.7 Å². The van der Waals surface area contributed by atoms with E-state index in [1.54, 1.807) is 0 Å². The van der Waals surface area contributed by atoms with Crippen molar-refractivity contribution >= 4 is 0 Å². The van der Waals surface area contributed by atoms with E-state index in [1.165, 1.54) is 67.7 Å². The number of nitrogens with zero attached hydrogens (tertiary/aromatic N) is 2. The van der Waals surface area contributed by atoms with Crippen molar-refractivity contribution in [3.05, 3.63) is 77.6 Å². The van der Waals surface area contributed by atoms with Gasteiger partial charge in [0.1, 0.15) is 5.82 Å². The molecule has 1 N–H and O–H groups in total. The first-order valence-electron chi connectivity index (χ1n) is 11.2. The summed E-state index contributed by atoms with van der Waals surface area (Å²) in [6, 6.07) is 22.0. The highest BCUT2D eigenvalue weighted by molar-refractivity contribution is 5.56. The summed E-state index contributed by atoms with van der Waals surface area (Å²) < 4.78 is 0. The molecule has 0 spiro atoms. The zero-order valence-corrected chi connectivity index (χ0v) is 17.3. The predicted octanol–water partition coefficient (Wildman–Crippen LogP) is 5.97. The van der Waals surface area contributed by atoms with Crippen LogP contribution >= 0.6 is 0 Å². The monoisotopic (exact) mass is 385 g/mol. The van der Waals surface area contributed by atoms with Crippen LogP contribution in [0.15, 0.2) is 60.7 Å². The summed E-state index contributed by atoms with van der Waals surface area (Å²) in [5, 5.41) is 0. The smallest absolute Gasteiger partial charge is 0.137 e. The third-order valence-electron chi connectivity index (χ3n) is 6.95. The van der Waals surface area contributed by atoms with Crippen LogP contribution in [0.3, 0.4) is 0 Å². The van der Waals surface area contributed by atoms with E-state index >= 15 is 0 Å². The van der Waals surface area contributed by atoms with Gasteiger partial charge in [-0.1, -0.05) is 67.6 Å². The maximum Gasteiger partial charge on any atom is 0.137 e. The second-order valence-electron chi connectivity index (χ2n) is 8.91. The van der Waals surface area contributed by atoms with Gasteiger partial charge in [-0.25, -0.2) is 4.98 Å². The van der Waals surface area contributed by atoms with Crippen LogP contribution in [0.25, 0.3) is 11.4 Å². The Labute approximate surface area is 174 Å². The average Bonchev–Trinajstić information content (AvgIpc) is 3.23. The minimum atomic E-state index is 0.479. The van der Waals surface area contributed by atoms with Crippen LogP contribution in [0.4, 0.5) is 0 Å². The lowest BCUT2D eigenvalue weighted by molar-refractivity contribution is 0.115. The van der Waals surface area contributed by atoms with E-state index < -0.39 is 0 Å². The third kappa shape index (κ3) is 3.89. The molecule has 150 valence electrons. The quantitative estimate of drug-likeness (QED) is 0.600. The molecule has 3 nitrogen and oxygen atoms in total. The van der Waals surface area contributed by atoms with Crippen LogP contribution in [0, 0.1) is 5.92 Å². The zero-order chi connectivity index (χ0) is 19.6. The standard InChI is InChI=1S/C26H31N3/c1-19-12-13-23(25-24(19)27-26(28-25)22-10-6-3-7-11-22)29-16-14-21(15-17-29)18-20-8-4-2-5-9-20/h2-11,19,21,23H,12-18H2,1H3,(H,27,28). The molecular formula is C26H31N3. The fourth-order valence-electron chi connectivity index (χ4n) is 5.22. The van der Waals surface area contributed by atoms with Gasteiger partial charge in [0.15, 0.2) is 0 Å². The summed E-state index contributed by atoms with van der Waals surface area (Å²) in [4.78, 5) is 11.5. The Morgan fingerprint density at radius 2 is 1.59 bits per heavy atom. The molecule has 3 aromatic rings. The van der Waals surface area contributed by atoms with Crippen molar-refractivity contribution in [2.75, 3.05) is 13.1 Å². The van der Waals surface area contributed by atoms with Crippen LogP contribution in [0.2, 0.25) is 0 Å². The summed E-state index contributed by atoms with van der Waals surface area (Å²) in [7, 11) is 0. The fourth-order valence-corrected chi connectivity index (χ4v) is 5.22. The number of aromatic amines is 1. The maximum atomic E-state index is 5.12. The molecule has 2 aromatic carbocycles. The Morgan fingerprint density at radius 1 is 0.897 bits per heavy atom. The number of imidazole rings is 1. The molecule has 1 fully saturated rings. The molecule has 1 aromatic heterocycles. The number of piperidine rings is 1. The summed E-state index contributed by atoms with van der Waals surface area (Å²) in [6.07, 6.45) is 6.30. The van der Waals surface area contributed by atoms with Crippen LogP contribution < -0.4 is 0 Å². The van der Waals surface area contributed by atoms with Crippen molar-refractivity contribution in [2.45, 2.75) is 51.0 Å². The van der Waals surface area contributed by atoms with Gasteiger partial charge < -0.3 is 4.98 Å². The van der Waals surface area contributed by atoms with Crippen LogP contribution in [0.1, 0.15) is 61.5 Å². The molecule has 2 atom stereocenters. The van der Waals surface area contributed by atoms with Gasteiger partial charge in [-0.3, -0.25) is 4.90 Å². The van der Waals surface area contributed by atoms with Crippen molar-refractivity contribution in [1.29, 1.82) is 0 Å². The SMILES string of the molecule is CC1CCC(N2CCC(Cc3ccccc3)CC2)c2nc(-c3ccccc3)[nH]c21. The Kier molecular flexibility index (Phi) is 5.24. The second kappa shape index (κ2) is 8.16. The van der Waals surface area contributed by atoms with Gasteiger partial charge in [0, 0.05) is 11.3 Å². The number of nitrogens with one attached hydrogen (secondary N) is 1. The van der Waals surface area contributed by atoms with Gasteiger partial charge in [-0.15, -0.1) is 0 Å². The minimum Gasteiger partial charge on any atom is -0.341 e. The van der Waals surface area contributed by atoms with Gasteiger partial charge in [-0.2, -0.15) is 0 Å².